The second-order valence-corrected chi connectivity index (χ2v) is 8.85. The second kappa shape index (κ2) is 8.79. The third-order valence-electron chi connectivity index (χ3n) is 6.56. The van der Waals surface area contributed by atoms with Gasteiger partial charge in [-0.25, -0.2) is 23.1 Å². The molecule has 0 aliphatic carbocycles. The van der Waals surface area contributed by atoms with E-state index in [2.05, 4.69) is 25.5 Å². The van der Waals surface area contributed by atoms with Crippen molar-refractivity contribution in [2.24, 2.45) is 0 Å². The van der Waals surface area contributed by atoms with Crippen LogP contribution >= 0.6 is 0 Å². The Hall–Kier alpha value is -3.76. The summed E-state index contributed by atoms with van der Waals surface area (Å²) in [5.41, 5.74) is 1.61. The van der Waals surface area contributed by atoms with Crippen molar-refractivity contribution in [3.05, 3.63) is 58.9 Å². The van der Waals surface area contributed by atoms with Crippen LogP contribution in [-0.4, -0.2) is 48.5 Å². The number of nitrogens with one attached hydrogen (secondary N) is 1. The zero-order valence-electron chi connectivity index (χ0n) is 19.5. The lowest BCUT2D eigenvalue weighted by atomic mass is 9.98. The molecule has 4 aromatic rings. The molecule has 1 amide bonds. The number of hydrogen-bond acceptors (Lipinski definition) is 6. The standard InChI is InChI=1S/C24H24F3N7O/c1-12(16-5-4-6-17(20(16)25)21(26)27)29-22-19-9-18(15-7-8-33(10-15)14(3)35)24-32-28-11-34(24)23(19)31-13(2)30-22/h4-6,9,11-12,15,21H,7-8,10H2,1-3H3,(H,29,30,31)/t12-,15?/m1/s1. The summed E-state index contributed by atoms with van der Waals surface area (Å²) < 4.78 is 43.0. The number of hydrogen-bond donors (Lipinski definition) is 1. The molecule has 4 heterocycles. The van der Waals surface area contributed by atoms with Gasteiger partial charge in [-0.3, -0.25) is 9.20 Å². The highest BCUT2D eigenvalue weighted by atomic mass is 19.3. The molecular formula is C24H24F3N7O. The average molecular weight is 483 g/mol. The number of amides is 1. The molecule has 3 aromatic heterocycles. The first-order chi connectivity index (χ1) is 16.7. The summed E-state index contributed by atoms with van der Waals surface area (Å²) in [6.07, 6.45) is -0.551. The third kappa shape index (κ3) is 4.04. The normalized spacial score (nSPS) is 17.0. The number of halogens is 3. The van der Waals surface area contributed by atoms with Crippen molar-refractivity contribution in [2.75, 3.05) is 18.4 Å². The lowest BCUT2D eigenvalue weighted by molar-refractivity contribution is -0.127. The number of likely N-dealkylation sites (tertiary alicyclic amines) is 1. The predicted molar refractivity (Wildman–Crippen MR) is 124 cm³/mol. The van der Waals surface area contributed by atoms with Gasteiger partial charge in [-0.2, -0.15) is 0 Å². The lowest BCUT2D eigenvalue weighted by Crippen LogP contribution is -2.25. The van der Waals surface area contributed by atoms with E-state index in [9.17, 15) is 18.0 Å². The number of aromatic nitrogens is 5. The van der Waals surface area contributed by atoms with Gasteiger partial charge in [0.15, 0.2) is 11.3 Å². The van der Waals surface area contributed by atoms with E-state index >= 15 is 0 Å². The highest BCUT2D eigenvalue weighted by molar-refractivity contribution is 5.90. The van der Waals surface area contributed by atoms with E-state index in [0.29, 0.717) is 41.4 Å². The molecule has 1 N–H and O–H groups in total. The molecule has 0 bridgehead atoms. The van der Waals surface area contributed by atoms with Crippen LogP contribution in [0.3, 0.4) is 0 Å². The van der Waals surface area contributed by atoms with Crippen LogP contribution in [0.15, 0.2) is 30.6 Å². The molecule has 35 heavy (non-hydrogen) atoms. The van der Waals surface area contributed by atoms with Gasteiger partial charge < -0.3 is 10.2 Å². The van der Waals surface area contributed by atoms with E-state index in [1.807, 2.05) is 6.07 Å². The number of rotatable bonds is 5. The summed E-state index contributed by atoms with van der Waals surface area (Å²) in [7, 11) is 0. The molecule has 1 aliphatic rings. The summed E-state index contributed by atoms with van der Waals surface area (Å²) in [4.78, 5) is 22.8. The Labute approximate surface area is 199 Å². The van der Waals surface area contributed by atoms with E-state index < -0.39 is 23.8 Å². The number of carbonyl (C=O) groups excluding carboxylic acids is 1. The first-order valence-corrected chi connectivity index (χ1v) is 11.3. The molecule has 1 unspecified atom stereocenters. The molecule has 1 saturated heterocycles. The van der Waals surface area contributed by atoms with Crippen molar-refractivity contribution in [1.82, 2.24) is 29.5 Å². The molecular weight excluding hydrogens is 459 g/mol. The number of alkyl halides is 2. The molecule has 0 saturated carbocycles. The molecule has 182 valence electrons. The van der Waals surface area contributed by atoms with Crippen LogP contribution in [0.2, 0.25) is 0 Å². The number of carbonyl (C=O) groups is 1. The van der Waals surface area contributed by atoms with E-state index in [4.69, 9.17) is 0 Å². The number of benzene rings is 1. The quantitative estimate of drug-likeness (QED) is 0.448. The van der Waals surface area contributed by atoms with Crippen molar-refractivity contribution in [3.8, 4) is 0 Å². The third-order valence-corrected chi connectivity index (χ3v) is 6.56. The van der Waals surface area contributed by atoms with Gasteiger partial charge in [0.1, 0.15) is 23.8 Å². The summed E-state index contributed by atoms with van der Waals surface area (Å²) in [5, 5.41) is 12.2. The van der Waals surface area contributed by atoms with Gasteiger partial charge in [0.25, 0.3) is 6.43 Å². The summed E-state index contributed by atoms with van der Waals surface area (Å²) in [5.74, 6) is 0.0611. The van der Waals surface area contributed by atoms with Gasteiger partial charge in [0, 0.05) is 37.1 Å². The maximum Gasteiger partial charge on any atom is 0.266 e. The van der Waals surface area contributed by atoms with Gasteiger partial charge in [-0.1, -0.05) is 18.2 Å². The van der Waals surface area contributed by atoms with Crippen LogP contribution in [0, 0.1) is 12.7 Å². The first kappa shape index (κ1) is 23.0. The van der Waals surface area contributed by atoms with Crippen LogP contribution in [0.5, 0.6) is 0 Å². The van der Waals surface area contributed by atoms with Gasteiger partial charge in [0.05, 0.1) is 17.0 Å². The van der Waals surface area contributed by atoms with Crippen molar-refractivity contribution in [1.29, 1.82) is 0 Å². The van der Waals surface area contributed by atoms with Crippen LogP contribution in [0.1, 0.15) is 61.2 Å². The number of aryl methyl sites for hydroxylation is 1. The van der Waals surface area contributed by atoms with Crippen LogP contribution in [0.25, 0.3) is 16.7 Å². The molecule has 1 fully saturated rings. The molecule has 11 heteroatoms. The predicted octanol–water partition coefficient (Wildman–Crippen LogP) is 4.57. The monoisotopic (exact) mass is 483 g/mol. The molecule has 0 spiro atoms. The molecule has 5 rings (SSSR count). The van der Waals surface area contributed by atoms with Gasteiger partial charge in [-0.15, -0.1) is 10.2 Å². The van der Waals surface area contributed by atoms with E-state index in [1.165, 1.54) is 12.1 Å². The number of fused-ring (bicyclic) bond motifs is 3. The van der Waals surface area contributed by atoms with Crippen LogP contribution < -0.4 is 5.32 Å². The van der Waals surface area contributed by atoms with E-state index in [1.54, 1.807) is 36.4 Å². The Bertz CT molecular complexity index is 1440. The van der Waals surface area contributed by atoms with Gasteiger partial charge in [0.2, 0.25) is 5.91 Å². The number of anilines is 1. The van der Waals surface area contributed by atoms with Crippen molar-refractivity contribution in [3.63, 3.8) is 0 Å². The minimum Gasteiger partial charge on any atom is -0.363 e. The minimum atomic E-state index is -2.91. The molecule has 8 nitrogen and oxygen atoms in total. The topological polar surface area (TPSA) is 88.3 Å². The average Bonchev–Trinajstić information content (AvgIpc) is 3.49. The van der Waals surface area contributed by atoms with E-state index in [0.717, 1.165) is 18.1 Å². The molecule has 2 atom stereocenters. The van der Waals surface area contributed by atoms with Crippen molar-refractivity contribution in [2.45, 2.75) is 45.6 Å². The van der Waals surface area contributed by atoms with Crippen LogP contribution in [-0.2, 0) is 4.79 Å². The summed E-state index contributed by atoms with van der Waals surface area (Å²) >= 11 is 0. The maximum atomic E-state index is 14.8. The van der Waals surface area contributed by atoms with Crippen LogP contribution in [0.4, 0.5) is 19.0 Å². The Morgan fingerprint density at radius 3 is 2.69 bits per heavy atom. The lowest BCUT2D eigenvalue weighted by Gasteiger charge is -2.20. The fraction of sp³-hybridized carbons (Fsp3) is 0.375. The fourth-order valence-electron chi connectivity index (χ4n) is 4.75. The highest BCUT2D eigenvalue weighted by Crippen LogP contribution is 2.35. The number of pyridine rings is 1. The Balaban J connectivity index is 1.60. The van der Waals surface area contributed by atoms with Crippen molar-refractivity contribution < 1.29 is 18.0 Å². The Morgan fingerprint density at radius 1 is 1.20 bits per heavy atom. The molecule has 0 radical (unpaired) electrons. The largest absolute Gasteiger partial charge is 0.363 e. The summed E-state index contributed by atoms with van der Waals surface area (Å²) in [6, 6.07) is 5.27. The number of nitrogens with zero attached hydrogens (tertiary/aromatic N) is 6. The first-order valence-electron chi connectivity index (χ1n) is 11.3. The van der Waals surface area contributed by atoms with Crippen molar-refractivity contribution >= 4 is 28.4 Å². The van der Waals surface area contributed by atoms with E-state index in [-0.39, 0.29) is 17.4 Å². The zero-order valence-corrected chi connectivity index (χ0v) is 19.5. The molecule has 1 aromatic carbocycles. The summed E-state index contributed by atoms with van der Waals surface area (Å²) in [6.45, 7) is 6.21. The second-order valence-electron chi connectivity index (χ2n) is 8.85. The maximum absolute atomic E-state index is 14.8. The zero-order chi connectivity index (χ0) is 24.9. The van der Waals surface area contributed by atoms with Gasteiger partial charge >= 0.3 is 0 Å². The highest BCUT2D eigenvalue weighted by Gasteiger charge is 2.29. The molecule has 1 aliphatic heterocycles. The Morgan fingerprint density at radius 2 is 1.97 bits per heavy atom. The minimum absolute atomic E-state index is 0.0222. The smallest absolute Gasteiger partial charge is 0.266 e. The van der Waals surface area contributed by atoms with Gasteiger partial charge in [-0.05, 0) is 26.3 Å². The Kier molecular flexibility index (Phi) is 5.78. The fourth-order valence-corrected chi connectivity index (χ4v) is 4.75. The SMILES string of the molecule is CC(=O)N1CCC(c2cc3c(N[C@H](C)c4cccc(C(F)F)c4F)nc(C)nc3n3cnnc23)C1.